The van der Waals surface area contributed by atoms with Crippen molar-refractivity contribution in [2.75, 3.05) is 4.90 Å². The van der Waals surface area contributed by atoms with Gasteiger partial charge in [0, 0.05) is 22.8 Å². The van der Waals surface area contributed by atoms with Crippen molar-refractivity contribution in [2.24, 2.45) is 0 Å². The second-order valence-electron chi connectivity index (χ2n) is 6.07. The Morgan fingerprint density at radius 1 is 1.32 bits per heavy atom. The number of hydrogen-bond donors (Lipinski definition) is 0. The summed E-state index contributed by atoms with van der Waals surface area (Å²) in [7, 11) is 0. The SMILES string of the molecule is Cc1nc2ncnn2c2c1CC(C)N2C(C)(C)C.Cl. The second-order valence-corrected chi connectivity index (χ2v) is 6.07. The zero-order chi connectivity index (χ0) is 13.1. The van der Waals surface area contributed by atoms with Gasteiger partial charge in [0.05, 0.1) is 0 Å². The molecule has 0 spiro atoms. The molecule has 0 amide bonds. The lowest BCUT2D eigenvalue weighted by atomic mass is 10.1. The van der Waals surface area contributed by atoms with Gasteiger partial charge in [-0.05, 0) is 41.0 Å². The zero-order valence-corrected chi connectivity index (χ0v) is 12.8. The molecular formula is C13H20ClN5. The molecule has 3 heterocycles. The highest BCUT2D eigenvalue weighted by Crippen LogP contribution is 2.38. The van der Waals surface area contributed by atoms with Gasteiger partial charge in [-0.15, -0.1) is 12.4 Å². The Morgan fingerprint density at radius 3 is 2.63 bits per heavy atom. The molecule has 0 aliphatic carbocycles. The number of halogens is 1. The molecule has 0 saturated carbocycles. The Hall–Kier alpha value is -1.36. The summed E-state index contributed by atoms with van der Waals surface area (Å²) in [5, 5.41) is 4.33. The van der Waals surface area contributed by atoms with Crippen LogP contribution in [0.4, 0.5) is 5.82 Å². The lowest BCUT2D eigenvalue weighted by molar-refractivity contribution is 0.461. The summed E-state index contributed by atoms with van der Waals surface area (Å²) >= 11 is 0. The van der Waals surface area contributed by atoms with E-state index in [-0.39, 0.29) is 17.9 Å². The molecule has 6 heteroatoms. The summed E-state index contributed by atoms with van der Waals surface area (Å²) in [6.45, 7) is 11.0. The summed E-state index contributed by atoms with van der Waals surface area (Å²) in [6.07, 6.45) is 2.60. The molecule has 2 aromatic rings. The van der Waals surface area contributed by atoms with Gasteiger partial charge in [0.25, 0.3) is 5.78 Å². The normalized spacial score (nSPS) is 18.6. The number of nitrogens with zero attached hydrogens (tertiary/aromatic N) is 5. The molecule has 2 aromatic heterocycles. The molecule has 0 aromatic carbocycles. The molecule has 19 heavy (non-hydrogen) atoms. The number of rotatable bonds is 0. The van der Waals surface area contributed by atoms with E-state index < -0.39 is 0 Å². The van der Waals surface area contributed by atoms with E-state index in [2.05, 4.69) is 54.6 Å². The Balaban J connectivity index is 0.00000133. The maximum absolute atomic E-state index is 4.52. The summed E-state index contributed by atoms with van der Waals surface area (Å²) in [6, 6.07) is 0.468. The number of hydrogen-bond acceptors (Lipinski definition) is 4. The molecule has 1 aliphatic heterocycles. The molecule has 104 valence electrons. The van der Waals surface area contributed by atoms with Crippen LogP contribution in [0.2, 0.25) is 0 Å². The first kappa shape index (κ1) is 14.1. The highest BCUT2D eigenvalue weighted by atomic mass is 35.5. The lowest BCUT2D eigenvalue weighted by Gasteiger charge is -2.37. The fourth-order valence-corrected chi connectivity index (χ4v) is 3.03. The van der Waals surface area contributed by atoms with E-state index in [4.69, 9.17) is 0 Å². The van der Waals surface area contributed by atoms with Crippen LogP contribution in [0.1, 0.15) is 39.0 Å². The molecule has 1 aliphatic rings. The van der Waals surface area contributed by atoms with Crippen LogP contribution in [0, 0.1) is 6.92 Å². The Labute approximate surface area is 119 Å². The number of fused-ring (bicyclic) bond motifs is 3. The Bertz CT molecular complexity index is 613. The van der Waals surface area contributed by atoms with Gasteiger partial charge in [-0.2, -0.15) is 14.6 Å². The van der Waals surface area contributed by atoms with E-state index in [1.165, 1.54) is 5.56 Å². The Kier molecular flexibility index (Phi) is 3.21. The van der Waals surface area contributed by atoms with Gasteiger partial charge < -0.3 is 4.90 Å². The lowest BCUT2D eigenvalue weighted by Crippen LogP contribution is -2.45. The van der Waals surface area contributed by atoms with Crippen molar-refractivity contribution in [3.63, 3.8) is 0 Å². The predicted molar refractivity (Wildman–Crippen MR) is 78.2 cm³/mol. The van der Waals surface area contributed by atoms with Gasteiger partial charge in [-0.3, -0.25) is 0 Å². The van der Waals surface area contributed by atoms with Crippen molar-refractivity contribution in [2.45, 2.75) is 52.6 Å². The van der Waals surface area contributed by atoms with Gasteiger partial charge in [0.15, 0.2) is 0 Å². The van der Waals surface area contributed by atoms with Gasteiger partial charge in [0.2, 0.25) is 0 Å². The molecular weight excluding hydrogens is 262 g/mol. The van der Waals surface area contributed by atoms with E-state index in [1.807, 2.05) is 4.52 Å². The van der Waals surface area contributed by atoms with Crippen LogP contribution in [0.3, 0.4) is 0 Å². The molecule has 0 bridgehead atoms. The second kappa shape index (κ2) is 4.34. The predicted octanol–water partition coefficient (Wildman–Crippen LogP) is 2.40. The van der Waals surface area contributed by atoms with Crippen molar-refractivity contribution in [3.8, 4) is 0 Å². The third-order valence-corrected chi connectivity index (χ3v) is 3.60. The smallest absolute Gasteiger partial charge is 0.254 e. The van der Waals surface area contributed by atoms with Gasteiger partial charge in [-0.1, -0.05) is 0 Å². The van der Waals surface area contributed by atoms with E-state index in [1.54, 1.807) is 6.33 Å². The van der Waals surface area contributed by atoms with Gasteiger partial charge in [-0.25, -0.2) is 4.98 Å². The maximum atomic E-state index is 4.52. The number of aryl methyl sites for hydroxylation is 1. The summed E-state index contributed by atoms with van der Waals surface area (Å²) in [4.78, 5) is 11.2. The van der Waals surface area contributed by atoms with Crippen molar-refractivity contribution in [1.29, 1.82) is 0 Å². The molecule has 0 radical (unpaired) electrons. The minimum absolute atomic E-state index is 0. The minimum atomic E-state index is 0. The largest absolute Gasteiger partial charge is 0.348 e. The van der Waals surface area contributed by atoms with Gasteiger partial charge >= 0.3 is 0 Å². The van der Waals surface area contributed by atoms with Crippen molar-refractivity contribution in [3.05, 3.63) is 17.6 Å². The molecule has 0 N–H and O–H groups in total. The first-order chi connectivity index (χ1) is 8.39. The van der Waals surface area contributed by atoms with E-state index in [0.717, 1.165) is 17.9 Å². The van der Waals surface area contributed by atoms with Crippen LogP contribution in [0.15, 0.2) is 6.33 Å². The average molecular weight is 282 g/mol. The third kappa shape index (κ3) is 1.96. The third-order valence-electron chi connectivity index (χ3n) is 3.60. The van der Waals surface area contributed by atoms with Crippen LogP contribution >= 0.6 is 12.4 Å². The van der Waals surface area contributed by atoms with Crippen LogP contribution < -0.4 is 4.90 Å². The standard InChI is InChI=1S/C13H19N5.ClH/c1-8-6-10-9(2)16-12-14-7-15-18(12)11(10)17(8)13(3,4)5;/h7-8H,6H2,1-5H3;1H. The number of anilines is 1. The van der Waals surface area contributed by atoms with E-state index in [9.17, 15) is 0 Å². The Morgan fingerprint density at radius 2 is 2.00 bits per heavy atom. The van der Waals surface area contributed by atoms with Crippen LogP contribution in [-0.4, -0.2) is 31.2 Å². The number of aromatic nitrogens is 4. The van der Waals surface area contributed by atoms with Crippen LogP contribution in [0.5, 0.6) is 0 Å². The van der Waals surface area contributed by atoms with Gasteiger partial charge in [0.1, 0.15) is 12.1 Å². The fraction of sp³-hybridized carbons (Fsp3) is 0.615. The highest BCUT2D eigenvalue weighted by Gasteiger charge is 2.37. The average Bonchev–Trinajstić information content (AvgIpc) is 2.79. The molecule has 0 fully saturated rings. The first-order valence-electron chi connectivity index (χ1n) is 6.38. The molecule has 1 atom stereocenters. The van der Waals surface area contributed by atoms with Crippen molar-refractivity contribution < 1.29 is 0 Å². The molecule has 5 nitrogen and oxygen atoms in total. The summed E-state index contributed by atoms with van der Waals surface area (Å²) < 4.78 is 1.87. The van der Waals surface area contributed by atoms with Crippen LogP contribution in [-0.2, 0) is 6.42 Å². The van der Waals surface area contributed by atoms with Crippen molar-refractivity contribution in [1.82, 2.24) is 19.6 Å². The summed E-state index contributed by atoms with van der Waals surface area (Å²) in [5.74, 6) is 1.85. The first-order valence-corrected chi connectivity index (χ1v) is 6.38. The molecule has 1 unspecified atom stereocenters. The quantitative estimate of drug-likeness (QED) is 0.744. The fourth-order valence-electron chi connectivity index (χ4n) is 3.03. The summed E-state index contributed by atoms with van der Waals surface area (Å²) in [5.41, 5.74) is 2.44. The molecule has 0 saturated heterocycles. The minimum Gasteiger partial charge on any atom is -0.348 e. The highest BCUT2D eigenvalue weighted by molar-refractivity contribution is 5.85. The van der Waals surface area contributed by atoms with Crippen LogP contribution in [0.25, 0.3) is 5.78 Å². The van der Waals surface area contributed by atoms with E-state index in [0.29, 0.717) is 11.8 Å². The maximum Gasteiger partial charge on any atom is 0.254 e. The topological polar surface area (TPSA) is 46.3 Å². The van der Waals surface area contributed by atoms with E-state index >= 15 is 0 Å². The zero-order valence-electron chi connectivity index (χ0n) is 12.0. The molecule has 3 rings (SSSR count). The van der Waals surface area contributed by atoms with Crippen molar-refractivity contribution >= 4 is 24.0 Å². The monoisotopic (exact) mass is 281 g/mol.